The number of carbonyl (C=O) groups excluding carboxylic acids is 1. The topological polar surface area (TPSA) is 77.0 Å². The standard InChI is InChI=1S/C19H16N3O3/c1-14-5-2-3-8-17(14)18-9-10-21(13-20-18)12-19(23)15-6-4-7-16(11-15)22(24)25/h2-11,13H,12H2,1H3/q+1. The molecule has 0 aliphatic heterocycles. The Morgan fingerprint density at radius 3 is 2.64 bits per heavy atom. The number of nitrogens with zero attached hydrogens (tertiary/aromatic N) is 3. The molecule has 0 amide bonds. The Labute approximate surface area is 144 Å². The van der Waals surface area contributed by atoms with Crippen LogP contribution >= 0.6 is 0 Å². The average Bonchev–Trinajstić information content (AvgIpc) is 2.63. The molecule has 1 heterocycles. The van der Waals surface area contributed by atoms with Crippen LogP contribution in [0.25, 0.3) is 11.3 Å². The van der Waals surface area contributed by atoms with Crippen LogP contribution in [0.15, 0.2) is 67.1 Å². The number of nitro benzene ring substituents is 1. The Kier molecular flexibility index (Phi) is 4.61. The molecule has 0 bridgehead atoms. The Hall–Kier alpha value is -3.41. The van der Waals surface area contributed by atoms with E-state index in [0.29, 0.717) is 5.56 Å². The van der Waals surface area contributed by atoms with Crippen LogP contribution in [0.5, 0.6) is 0 Å². The summed E-state index contributed by atoms with van der Waals surface area (Å²) in [5, 5.41) is 10.8. The minimum Gasteiger partial charge on any atom is -0.290 e. The van der Waals surface area contributed by atoms with Crippen molar-refractivity contribution in [3.63, 3.8) is 0 Å². The number of hydrogen-bond donors (Lipinski definition) is 0. The van der Waals surface area contributed by atoms with Crippen molar-refractivity contribution in [3.05, 3.63) is 88.4 Å². The third-order valence-electron chi connectivity index (χ3n) is 3.90. The summed E-state index contributed by atoms with van der Waals surface area (Å²) in [5.74, 6) is -0.209. The van der Waals surface area contributed by atoms with Gasteiger partial charge in [-0.25, -0.2) is 4.57 Å². The summed E-state index contributed by atoms with van der Waals surface area (Å²) in [6.45, 7) is 2.09. The monoisotopic (exact) mass is 334 g/mol. The van der Waals surface area contributed by atoms with Crippen LogP contribution in [0.2, 0.25) is 0 Å². The van der Waals surface area contributed by atoms with Gasteiger partial charge in [0.15, 0.2) is 12.2 Å². The number of ketones is 1. The van der Waals surface area contributed by atoms with Crippen molar-refractivity contribution in [1.29, 1.82) is 0 Å². The molecule has 6 nitrogen and oxygen atoms in total. The van der Waals surface area contributed by atoms with E-state index in [4.69, 9.17) is 0 Å². The first kappa shape index (κ1) is 16.4. The van der Waals surface area contributed by atoms with Crippen molar-refractivity contribution in [3.8, 4) is 11.3 Å². The lowest BCUT2D eigenvalue weighted by Crippen LogP contribution is -2.37. The number of nitro groups is 1. The zero-order valence-electron chi connectivity index (χ0n) is 13.6. The average molecular weight is 334 g/mol. The van der Waals surface area contributed by atoms with Crippen LogP contribution in [0, 0.1) is 17.0 Å². The molecule has 25 heavy (non-hydrogen) atoms. The quantitative estimate of drug-likeness (QED) is 0.311. The second-order valence-electron chi connectivity index (χ2n) is 5.66. The molecular weight excluding hydrogens is 318 g/mol. The second kappa shape index (κ2) is 7.00. The number of rotatable bonds is 5. The normalized spacial score (nSPS) is 10.4. The van der Waals surface area contributed by atoms with E-state index in [9.17, 15) is 14.9 Å². The highest BCUT2D eigenvalue weighted by atomic mass is 16.6. The van der Waals surface area contributed by atoms with E-state index >= 15 is 0 Å². The molecule has 0 fully saturated rings. The number of aryl methyl sites for hydroxylation is 1. The van der Waals surface area contributed by atoms with E-state index < -0.39 is 4.92 Å². The fourth-order valence-corrected chi connectivity index (χ4v) is 2.55. The number of hydrogen-bond acceptors (Lipinski definition) is 4. The van der Waals surface area contributed by atoms with Crippen molar-refractivity contribution in [2.75, 3.05) is 0 Å². The van der Waals surface area contributed by atoms with Gasteiger partial charge in [0.1, 0.15) is 0 Å². The maximum Gasteiger partial charge on any atom is 0.287 e. The summed E-state index contributed by atoms with van der Waals surface area (Å²) < 4.78 is 1.66. The van der Waals surface area contributed by atoms with E-state index in [-0.39, 0.29) is 18.0 Å². The summed E-state index contributed by atoms with van der Waals surface area (Å²) in [5.41, 5.74) is 3.21. The van der Waals surface area contributed by atoms with Gasteiger partial charge in [0.25, 0.3) is 12.0 Å². The lowest BCUT2D eigenvalue weighted by Gasteiger charge is -2.02. The predicted octanol–water partition coefficient (Wildman–Crippen LogP) is 3.14. The van der Waals surface area contributed by atoms with E-state index in [2.05, 4.69) is 4.98 Å². The number of benzene rings is 2. The Bertz CT molecular complexity index is 937. The Balaban J connectivity index is 1.77. The smallest absolute Gasteiger partial charge is 0.287 e. The maximum absolute atomic E-state index is 12.3. The molecule has 0 saturated heterocycles. The Morgan fingerprint density at radius 1 is 1.16 bits per heavy atom. The SMILES string of the molecule is Cc1ccccc1-c1cc[n+](CC(=O)c2cccc([N+](=O)[O-])c2)cn1. The van der Waals surface area contributed by atoms with Crippen LogP contribution in [0.3, 0.4) is 0 Å². The first-order chi connectivity index (χ1) is 12.0. The van der Waals surface area contributed by atoms with Crippen molar-refractivity contribution >= 4 is 11.5 Å². The molecule has 1 aromatic heterocycles. The van der Waals surface area contributed by atoms with Crippen LogP contribution in [-0.4, -0.2) is 15.7 Å². The van der Waals surface area contributed by atoms with Gasteiger partial charge in [-0.2, -0.15) is 0 Å². The zero-order valence-corrected chi connectivity index (χ0v) is 13.6. The van der Waals surface area contributed by atoms with E-state index in [0.717, 1.165) is 16.8 Å². The van der Waals surface area contributed by atoms with Crippen LogP contribution < -0.4 is 4.57 Å². The summed E-state index contributed by atoms with van der Waals surface area (Å²) >= 11 is 0. The van der Waals surface area contributed by atoms with Gasteiger partial charge in [0, 0.05) is 29.3 Å². The molecule has 2 aromatic carbocycles. The maximum atomic E-state index is 12.3. The first-order valence-electron chi connectivity index (χ1n) is 7.73. The molecule has 3 rings (SSSR count). The van der Waals surface area contributed by atoms with Crippen molar-refractivity contribution in [2.24, 2.45) is 0 Å². The molecule has 3 aromatic rings. The fourth-order valence-electron chi connectivity index (χ4n) is 2.55. The lowest BCUT2D eigenvalue weighted by molar-refractivity contribution is -0.686. The minimum absolute atomic E-state index is 0.0716. The number of Topliss-reactive ketones (excluding diaryl/α,β-unsaturated/α-hetero) is 1. The van der Waals surface area contributed by atoms with E-state index in [1.165, 1.54) is 18.2 Å². The zero-order chi connectivity index (χ0) is 17.8. The van der Waals surface area contributed by atoms with E-state index in [1.54, 1.807) is 23.2 Å². The van der Waals surface area contributed by atoms with Gasteiger partial charge < -0.3 is 0 Å². The van der Waals surface area contributed by atoms with Crippen molar-refractivity contribution in [2.45, 2.75) is 13.5 Å². The molecule has 0 aliphatic rings. The molecule has 6 heteroatoms. The number of carbonyl (C=O) groups is 1. The third-order valence-corrected chi connectivity index (χ3v) is 3.90. The van der Waals surface area contributed by atoms with Crippen LogP contribution in [-0.2, 0) is 6.54 Å². The fraction of sp³-hybridized carbons (Fsp3) is 0.105. The van der Waals surface area contributed by atoms with Crippen molar-refractivity contribution in [1.82, 2.24) is 4.98 Å². The van der Waals surface area contributed by atoms with E-state index in [1.807, 2.05) is 37.3 Å². The summed E-state index contributed by atoms with van der Waals surface area (Å²) in [6.07, 6.45) is 3.38. The highest BCUT2D eigenvalue weighted by Gasteiger charge is 2.15. The van der Waals surface area contributed by atoms with Gasteiger partial charge in [0.05, 0.1) is 11.1 Å². The molecule has 0 radical (unpaired) electrons. The lowest BCUT2D eigenvalue weighted by atomic mass is 10.1. The summed E-state index contributed by atoms with van der Waals surface area (Å²) in [6, 6.07) is 15.5. The Morgan fingerprint density at radius 2 is 1.96 bits per heavy atom. The molecule has 0 spiro atoms. The molecule has 0 N–H and O–H groups in total. The first-order valence-corrected chi connectivity index (χ1v) is 7.73. The van der Waals surface area contributed by atoms with Gasteiger partial charge in [-0.05, 0) is 17.5 Å². The van der Waals surface area contributed by atoms with Crippen LogP contribution in [0.1, 0.15) is 15.9 Å². The molecule has 0 saturated carbocycles. The molecule has 124 valence electrons. The predicted molar refractivity (Wildman–Crippen MR) is 92.0 cm³/mol. The molecular formula is C19H16N3O3+. The summed E-state index contributed by atoms with van der Waals surface area (Å²) in [7, 11) is 0. The van der Waals surface area contributed by atoms with Gasteiger partial charge in [-0.1, -0.05) is 36.4 Å². The van der Waals surface area contributed by atoms with Crippen LogP contribution in [0.4, 0.5) is 5.69 Å². The minimum atomic E-state index is -0.511. The molecule has 0 atom stereocenters. The van der Waals surface area contributed by atoms with Gasteiger partial charge in [0.2, 0.25) is 5.78 Å². The second-order valence-corrected chi connectivity index (χ2v) is 5.66. The van der Waals surface area contributed by atoms with Gasteiger partial charge >= 0.3 is 0 Å². The number of non-ortho nitro benzene ring substituents is 1. The van der Waals surface area contributed by atoms with Gasteiger partial charge in [-0.15, -0.1) is 0 Å². The summed E-state index contributed by atoms with van der Waals surface area (Å²) in [4.78, 5) is 27.0. The largest absolute Gasteiger partial charge is 0.290 e. The highest BCUT2D eigenvalue weighted by Crippen LogP contribution is 2.19. The third kappa shape index (κ3) is 3.74. The molecule has 0 unspecified atom stereocenters. The van der Waals surface area contributed by atoms with Crippen molar-refractivity contribution < 1.29 is 14.3 Å². The molecule has 0 aliphatic carbocycles. The van der Waals surface area contributed by atoms with Gasteiger partial charge in [-0.3, -0.25) is 14.9 Å². The number of aromatic nitrogens is 2. The highest BCUT2D eigenvalue weighted by molar-refractivity contribution is 5.95.